The number of esters is 2. The first-order chi connectivity index (χ1) is 17.8. The molecule has 4 heterocycles. The third-order valence-corrected chi connectivity index (χ3v) is 7.03. The summed E-state index contributed by atoms with van der Waals surface area (Å²) < 4.78 is 39.0. The van der Waals surface area contributed by atoms with Crippen molar-refractivity contribution in [1.29, 1.82) is 0 Å². The standard InChI is InChI=1S/C28H20F2N2O5/c1-2-28(37-26(34)17-8-5-7-16(11-17)24(29)30)20-12-22-23-18(10-15-6-3-4-9-21(15)31-23)13-32(22)25(33)19(20)14-36-27(28)35/h3-12,24H,2,13-14H2,1H3/t28-/m0/s1. The van der Waals surface area contributed by atoms with Crippen molar-refractivity contribution in [2.75, 3.05) is 0 Å². The van der Waals surface area contributed by atoms with Gasteiger partial charge in [0.2, 0.25) is 5.60 Å². The number of para-hydroxylation sites is 1. The van der Waals surface area contributed by atoms with Crippen LogP contribution in [0.4, 0.5) is 8.78 Å². The van der Waals surface area contributed by atoms with Crippen molar-refractivity contribution in [3.05, 3.63) is 98.8 Å². The Bertz CT molecular complexity index is 1680. The Morgan fingerprint density at radius 1 is 1.14 bits per heavy atom. The summed E-state index contributed by atoms with van der Waals surface area (Å²) in [5, 5.41) is 0.938. The molecular formula is C28H20F2N2O5. The van der Waals surface area contributed by atoms with E-state index < -0.39 is 24.0 Å². The molecule has 0 aliphatic carbocycles. The summed E-state index contributed by atoms with van der Waals surface area (Å²) in [7, 11) is 0. The minimum absolute atomic E-state index is 0.0278. The molecule has 2 aliphatic rings. The highest BCUT2D eigenvalue weighted by Gasteiger charge is 2.50. The zero-order valence-electron chi connectivity index (χ0n) is 19.7. The average Bonchev–Trinajstić information content (AvgIpc) is 3.27. The predicted octanol–water partition coefficient (Wildman–Crippen LogP) is 4.88. The molecule has 0 amide bonds. The average molecular weight is 502 g/mol. The number of benzene rings is 2. The highest BCUT2D eigenvalue weighted by Crippen LogP contribution is 2.41. The lowest BCUT2D eigenvalue weighted by molar-refractivity contribution is -0.173. The Morgan fingerprint density at radius 3 is 2.73 bits per heavy atom. The molecule has 0 N–H and O–H groups in total. The maximum Gasteiger partial charge on any atom is 0.355 e. The molecule has 2 aliphatic heterocycles. The number of halogens is 2. The SMILES string of the molecule is CC[C@@]1(OC(=O)c2cccc(C(F)F)c2)C(=O)OCc2c1cc1n(c2=O)Cc2cc3ccccc3nc2-1. The molecule has 0 bridgehead atoms. The van der Waals surface area contributed by atoms with E-state index in [0.29, 0.717) is 17.9 Å². The van der Waals surface area contributed by atoms with Crippen LogP contribution >= 0.6 is 0 Å². The molecule has 0 saturated carbocycles. The molecule has 2 aromatic heterocycles. The summed E-state index contributed by atoms with van der Waals surface area (Å²) in [6.07, 6.45) is -2.81. The van der Waals surface area contributed by atoms with E-state index in [1.54, 1.807) is 17.6 Å². The molecule has 7 nitrogen and oxygen atoms in total. The van der Waals surface area contributed by atoms with Gasteiger partial charge >= 0.3 is 11.9 Å². The van der Waals surface area contributed by atoms with Crippen molar-refractivity contribution in [1.82, 2.24) is 9.55 Å². The summed E-state index contributed by atoms with van der Waals surface area (Å²) in [6, 6.07) is 16.1. The van der Waals surface area contributed by atoms with Gasteiger partial charge in [-0.3, -0.25) is 4.79 Å². The van der Waals surface area contributed by atoms with E-state index in [0.717, 1.165) is 22.5 Å². The van der Waals surface area contributed by atoms with Gasteiger partial charge in [-0.05, 0) is 36.8 Å². The quantitative estimate of drug-likeness (QED) is 0.326. The van der Waals surface area contributed by atoms with Crippen LogP contribution in [0.5, 0.6) is 0 Å². The monoisotopic (exact) mass is 502 g/mol. The fourth-order valence-corrected chi connectivity index (χ4v) is 5.10. The van der Waals surface area contributed by atoms with Gasteiger partial charge in [0, 0.05) is 22.1 Å². The van der Waals surface area contributed by atoms with Gasteiger partial charge in [-0.1, -0.05) is 37.3 Å². The summed E-state index contributed by atoms with van der Waals surface area (Å²) >= 11 is 0. The molecule has 0 spiro atoms. The normalized spacial score (nSPS) is 17.8. The zero-order chi connectivity index (χ0) is 25.9. The van der Waals surface area contributed by atoms with E-state index in [1.807, 2.05) is 30.3 Å². The van der Waals surface area contributed by atoms with Crippen molar-refractivity contribution in [2.24, 2.45) is 0 Å². The Hall–Kier alpha value is -4.40. The topological polar surface area (TPSA) is 87.5 Å². The van der Waals surface area contributed by atoms with Crippen LogP contribution in [0, 0.1) is 0 Å². The molecule has 1 atom stereocenters. The third-order valence-electron chi connectivity index (χ3n) is 7.03. The molecule has 37 heavy (non-hydrogen) atoms. The molecular weight excluding hydrogens is 482 g/mol. The summed E-state index contributed by atoms with van der Waals surface area (Å²) in [5.41, 5.74) is 0.390. The Balaban J connectivity index is 1.49. The maximum absolute atomic E-state index is 13.6. The van der Waals surface area contributed by atoms with Crippen LogP contribution in [0.25, 0.3) is 22.3 Å². The lowest BCUT2D eigenvalue weighted by atomic mass is 9.85. The van der Waals surface area contributed by atoms with Gasteiger partial charge in [-0.15, -0.1) is 0 Å². The van der Waals surface area contributed by atoms with Gasteiger partial charge in [-0.2, -0.15) is 0 Å². The number of aromatic nitrogens is 2. The highest BCUT2D eigenvalue weighted by atomic mass is 19.3. The fourth-order valence-electron chi connectivity index (χ4n) is 5.10. The molecule has 9 heteroatoms. The second-order valence-corrected chi connectivity index (χ2v) is 9.07. The van der Waals surface area contributed by atoms with Gasteiger partial charge in [-0.25, -0.2) is 23.4 Å². The molecule has 4 aromatic rings. The van der Waals surface area contributed by atoms with Gasteiger partial charge in [0.05, 0.1) is 34.6 Å². The van der Waals surface area contributed by atoms with Gasteiger partial charge in [0.25, 0.3) is 12.0 Å². The number of hydrogen-bond acceptors (Lipinski definition) is 6. The van der Waals surface area contributed by atoms with Crippen molar-refractivity contribution in [3.8, 4) is 11.4 Å². The number of hydrogen-bond donors (Lipinski definition) is 0. The Kier molecular flexibility index (Phi) is 5.18. The van der Waals surface area contributed by atoms with Gasteiger partial charge < -0.3 is 14.0 Å². The van der Waals surface area contributed by atoms with Crippen LogP contribution in [0.3, 0.4) is 0 Å². The van der Waals surface area contributed by atoms with E-state index >= 15 is 0 Å². The Morgan fingerprint density at radius 2 is 1.95 bits per heavy atom. The number of carbonyl (C=O) groups excluding carboxylic acids is 2. The fraction of sp³-hybridized carbons (Fsp3) is 0.214. The van der Waals surface area contributed by atoms with Crippen molar-refractivity contribution >= 4 is 22.8 Å². The molecule has 186 valence electrons. The first kappa shape index (κ1) is 23.0. The van der Waals surface area contributed by atoms with E-state index in [4.69, 9.17) is 14.5 Å². The number of alkyl halides is 2. The number of carbonyl (C=O) groups is 2. The number of rotatable bonds is 4. The second kappa shape index (κ2) is 8.33. The smallest absolute Gasteiger partial charge is 0.355 e. The second-order valence-electron chi connectivity index (χ2n) is 9.07. The van der Waals surface area contributed by atoms with E-state index in [1.165, 1.54) is 18.2 Å². The first-order valence-electron chi connectivity index (χ1n) is 11.8. The van der Waals surface area contributed by atoms with Crippen LogP contribution in [-0.2, 0) is 33.0 Å². The number of cyclic esters (lactones) is 1. The molecule has 0 saturated heterocycles. The largest absolute Gasteiger partial charge is 0.457 e. The molecule has 0 fully saturated rings. The summed E-state index contributed by atoms with van der Waals surface area (Å²) in [4.78, 5) is 44.6. The van der Waals surface area contributed by atoms with E-state index in [2.05, 4.69) is 0 Å². The molecule has 0 radical (unpaired) electrons. The van der Waals surface area contributed by atoms with Gasteiger partial charge in [0.1, 0.15) is 6.61 Å². The predicted molar refractivity (Wildman–Crippen MR) is 129 cm³/mol. The zero-order valence-corrected chi connectivity index (χ0v) is 19.7. The van der Waals surface area contributed by atoms with E-state index in [-0.39, 0.29) is 40.8 Å². The molecule has 2 aromatic carbocycles. The number of fused-ring (bicyclic) bond motifs is 5. The van der Waals surface area contributed by atoms with Crippen LogP contribution in [0.1, 0.15) is 52.4 Å². The molecule has 0 unspecified atom stereocenters. The van der Waals surface area contributed by atoms with Crippen molar-refractivity contribution in [3.63, 3.8) is 0 Å². The number of ether oxygens (including phenoxy) is 2. The third kappa shape index (κ3) is 3.45. The van der Waals surface area contributed by atoms with Crippen LogP contribution in [-0.4, -0.2) is 21.5 Å². The summed E-state index contributed by atoms with van der Waals surface area (Å²) in [6.45, 7) is 1.67. The number of pyridine rings is 2. The lowest BCUT2D eigenvalue weighted by Crippen LogP contribution is -2.47. The van der Waals surface area contributed by atoms with Crippen LogP contribution < -0.4 is 5.56 Å². The highest BCUT2D eigenvalue weighted by molar-refractivity contribution is 5.94. The first-order valence-corrected chi connectivity index (χ1v) is 11.8. The van der Waals surface area contributed by atoms with Crippen molar-refractivity contribution in [2.45, 2.75) is 38.5 Å². The lowest BCUT2D eigenvalue weighted by Gasteiger charge is -2.35. The van der Waals surface area contributed by atoms with Crippen LogP contribution in [0.2, 0.25) is 0 Å². The van der Waals surface area contributed by atoms with Gasteiger partial charge in [0.15, 0.2) is 0 Å². The van der Waals surface area contributed by atoms with Crippen LogP contribution in [0.15, 0.2) is 65.5 Å². The maximum atomic E-state index is 13.6. The Labute approximate surface area is 209 Å². The molecule has 6 rings (SSSR count). The van der Waals surface area contributed by atoms with Crippen molar-refractivity contribution < 1.29 is 27.8 Å². The minimum atomic E-state index is -2.78. The number of nitrogens with zero attached hydrogens (tertiary/aromatic N) is 2. The van der Waals surface area contributed by atoms with E-state index in [9.17, 15) is 23.2 Å². The minimum Gasteiger partial charge on any atom is -0.457 e. The summed E-state index contributed by atoms with van der Waals surface area (Å²) in [5.74, 6) is -1.80.